The zero-order valence-corrected chi connectivity index (χ0v) is 12.3. The minimum absolute atomic E-state index is 0.147. The van der Waals surface area contributed by atoms with Crippen LogP contribution >= 0.6 is 15.9 Å². The summed E-state index contributed by atoms with van der Waals surface area (Å²) in [5.41, 5.74) is 8.02. The Kier molecular flexibility index (Phi) is 3.50. The normalized spacial score (nSPS) is 26.2. The second-order valence-corrected chi connectivity index (χ2v) is 6.19. The number of nitrogens with one attached hydrogen (secondary N) is 1. The van der Waals surface area contributed by atoms with Crippen molar-refractivity contribution in [1.82, 2.24) is 5.32 Å². The molecule has 0 saturated carbocycles. The lowest BCUT2D eigenvalue weighted by atomic mass is 9.91. The number of hydrogen-bond acceptors (Lipinski definition) is 3. The number of nitrogens with zero attached hydrogens (tertiary/aromatic N) is 1. The van der Waals surface area contributed by atoms with Gasteiger partial charge in [0, 0.05) is 29.8 Å². The molecule has 0 radical (unpaired) electrons. The van der Waals surface area contributed by atoms with Gasteiger partial charge in [-0.3, -0.25) is 4.79 Å². The second-order valence-electron chi connectivity index (χ2n) is 5.28. The summed E-state index contributed by atoms with van der Waals surface area (Å²) in [6, 6.07) is 6.59. The first kappa shape index (κ1) is 12.9. The van der Waals surface area contributed by atoms with Gasteiger partial charge in [0.1, 0.15) is 0 Å². The van der Waals surface area contributed by atoms with E-state index in [9.17, 15) is 4.79 Å². The molecular weight excluding hydrogens is 306 g/mol. The van der Waals surface area contributed by atoms with Gasteiger partial charge in [0.25, 0.3) is 0 Å². The van der Waals surface area contributed by atoms with Crippen LogP contribution in [0.1, 0.15) is 18.4 Å². The first-order chi connectivity index (χ1) is 9.19. The average Bonchev–Trinajstić information content (AvgIpc) is 2.80. The molecule has 2 unspecified atom stereocenters. The topological polar surface area (TPSA) is 58.4 Å². The fourth-order valence-corrected chi connectivity index (χ4v) is 3.72. The van der Waals surface area contributed by atoms with Crippen molar-refractivity contribution in [3.05, 3.63) is 28.2 Å². The Hall–Kier alpha value is -1.07. The van der Waals surface area contributed by atoms with Crippen molar-refractivity contribution < 1.29 is 4.79 Å². The molecule has 1 amide bonds. The summed E-state index contributed by atoms with van der Waals surface area (Å²) in [4.78, 5) is 14.2. The lowest BCUT2D eigenvalue weighted by Gasteiger charge is -2.38. The molecule has 2 heterocycles. The predicted molar refractivity (Wildman–Crippen MR) is 78.9 cm³/mol. The van der Waals surface area contributed by atoms with E-state index in [1.165, 1.54) is 5.69 Å². The molecule has 2 atom stereocenters. The van der Waals surface area contributed by atoms with E-state index in [1.807, 2.05) is 6.07 Å². The Balaban J connectivity index is 1.92. The van der Waals surface area contributed by atoms with E-state index in [1.54, 1.807) is 0 Å². The highest BCUT2D eigenvalue weighted by Gasteiger charge is 2.40. The van der Waals surface area contributed by atoms with E-state index >= 15 is 0 Å². The number of carbonyl (C=O) groups excluding carboxylic acids is 1. The molecule has 1 aromatic carbocycles. The third-order valence-corrected chi connectivity index (χ3v) is 4.57. The highest BCUT2D eigenvalue weighted by molar-refractivity contribution is 9.10. The monoisotopic (exact) mass is 323 g/mol. The zero-order chi connectivity index (χ0) is 13.4. The molecule has 2 aliphatic heterocycles. The number of anilines is 1. The third kappa shape index (κ3) is 2.37. The molecular formula is C14H18BrN3O. The van der Waals surface area contributed by atoms with Crippen LogP contribution in [0.2, 0.25) is 0 Å². The standard InChI is InChI=1S/C14H18BrN3O/c15-10-4-9(7-16)5-11(6-10)18-3-1-2-12-13(18)8-17-14(12)19/h4-6,12-13H,1-3,7-8,16H2,(H,17,19). The Morgan fingerprint density at radius 3 is 3.05 bits per heavy atom. The van der Waals surface area contributed by atoms with Gasteiger partial charge >= 0.3 is 0 Å². The summed E-state index contributed by atoms with van der Waals surface area (Å²) in [6.45, 7) is 2.30. The van der Waals surface area contributed by atoms with Crippen molar-refractivity contribution in [2.75, 3.05) is 18.0 Å². The quantitative estimate of drug-likeness (QED) is 0.869. The molecule has 1 aromatic rings. The van der Waals surface area contributed by atoms with Gasteiger partial charge in [0.05, 0.1) is 12.0 Å². The van der Waals surface area contributed by atoms with Crippen molar-refractivity contribution in [2.45, 2.75) is 25.4 Å². The number of piperidine rings is 1. The van der Waals surface area contributed by atoms with E-state index < -0.39 is 0 Å². The molecule has 0 aromatic heterocycles. The fraction of sp³-hybridized carbons (Fsp3) is 0.500. The maximum atomic E-state index is 11.8. The van der Waals surface area contributed by atoms with Crippen LogP contribution in [0.25, 0.3) is 0 Å². The van der Waals surface area contributed by atoms with Gasteiger partial charge in [0.15, 0.2) is 0 Å². The van der Waals surface area contributed by atoms with Crippen molar-refractivity contribution in [1.29, 1.82) is 0 Å². The van der Waals surface area contributed by atoms with Crippen molar-refractivity contribution in [2.24, 2.45) is 11.7 Å². The lowest BCUT2D eigenvalue weighted by Crippen LogP contribution is -2.45. The van der Waals surface area contributed by atoms with Crippen LogP contribution in [0.4, 0.5) is 5.69 Å². The molecule has 3 N–H and O–H groups in total. The van der Waals surface area contributed by atoms with Crippen LogP contribution in [-0.4, -0.2) is 25.0 Å². The van der Waals surface area contributed by atoms with Gasteiger partial charge in [0.2, 0.25) is 5.91 Å². The van der Waals surface area contributed by atoms with Gasteiger partial charge in [-0.1, -0.05) is 15.9 Å². The van der Waals surface area contributed by atoms with E-state index in [0.717, 1.165) is 36.0 Å². The van der Waals surface area contributed by atoms with Crippen molar-refractivity contribution in [3.63, 3.8) is 0 Å². The summed E-state index contributed by atoms with van der Waals surface area (Å²) >= 11 is 3.54. The molecule has 0 aliphatic carbocycles. The highest BCUT2D eigenvalue weighted by Crippen LogP contribution is 2.33. The zero-order valence-electron chi connectivity index (χ0n) is 10.7. The molecule has 2 saturated heterocycles. The number of hydrogen-bond donors (Lipinski definition) is 2. The Morgan fingerprint density at radius 2 is 2.26 bits per heavy atom. The van der Waals surface area contributed by atoms with Crippen molar-refractivity contribution >= 4 is 27.5 Å². The van der Waals surface area contributed by atoms with Crippen LogP contribution in [0, 0.1) is 5.92 Å². The van der Waals surface area contributed by atoms with Crippen LogP contribution < -0.4 is 16.0 Å². The van der Waals surface area contributed by atoms with Crippen LogP contribution in [0.5, 0.6) is 0 Å². The predicted octanol–water partition coefficient (Wildman–Crippen LogP) is 1.62. The summed E-state index contributed by atoms with van der Waals surface area (Å²) in [6.07, 6.45) is 2.07. The maximum absolute atomic E-state index is 11.8. The van der Waals surface area contributed by atoms with Gasteiger partial charge in [-0.15, -0.1) is 0 Å². The van der Waals surface area contributed by atoms with E-state index in [0.29, 0.717) is 12.6 Å². The second kappa shape index (κ2) is 5.13. The van der Waals surface area contributed by atoms with Crippen LogP contribution in [0.3, 0.4) is 0 Å². The smallest absolute Gasteiger partial charge is 0.225 e. The number of nitrogens with two attached hydrogens (primary N) is 1. The molecule has 3 rings (SSSR count). The SMILES string of the molecule is NCc1cc(Br)cc(N2CCCC3C(=O)NCC32)c1. The molecule has 2 fully saturated rings. The average molecular weight is 324 g/mol. The summed E-state index contributed by atoms with van der Waals surface area (Å²) in [5.74, 6) is 0.359. The number of fused-ring (bicyclic) bond motifs is 1. The van der Waals surface area contributed by atoms with Gasteiger partial charge in [-0.25, -0.2) is 0 Å². The van der Waals surface area contributed by atoms with Crippen molar-refractivity contribution in [3.8, 4) is 0 Å². The Labute approximate surface area is 121 Å². The fourth-order valence-electron chi connectivity index (χ4n) is 3.19. The number of carbonyl (C=O) groups is 1. The summed E-state index contributed by atoms with van der Waals surface area (Å²) in [7, 11) is 0. The van der Waals surface area contributed by atoms with Gasteiger partial charge in [-0.2, -0.15) is 0 Å². The van der Waals surface area contributed by atoms with Crippen LogP contribution in [0.15, 0.2) is 22.7 Å². The molecule has 5 heteroatoms. The molecule has 0 bridgehead atoms. The molecule has 19 heavy (non-hydrogen) atoms. The molecule has 2 aliphatic rings. The highest BCUT2D eigenvalue weighted by atomic mass is 79.9. The number of rotatable bonds is 2. The van der Waals surface area contributed by atoms with Gasteiger partial charge in [-0.05, 0) is 36.6 Å². The minimum atomic E-state index is 0.147. The van der Waals surface area contributed by atoms with E-state index in [4.69, 9.17) is 5.73 Å². The summed E-state index contributed by atoms with van der Waals surface area (Å²) in [5, 5.41) is 2.99. The largest absolute Gasteiger partial charge is 0.366 e. The maximum Gasteiger partial charge on any atom is 0.225 e. The molecule has 102 valence electrons. The van der Waals surface area contributed by atoms with Crippen LogP contribution in [-0.2, 0) is 11.3 Å². The first-order valence-electron chi connectivity index (χ1n) is 6.73. The number of benzene rings is 1. The minimum Gasteiger partial charge on any atom is -0.366 e. The van der Waals surface area contributed by atoms with E-state index in [-0.39, 0.29) is 11.8 Å². The Morgan fingerprint density at radius 1 is 1.42 bits per heavy atom. The van der Waals surface area contributed by atoms with E-state index in [2.05, 4.69) is 38.3 Å². The Bertz CT molecular complexity index is 505. The third-order valence-electron chi connectivity index (χ3n) is 4.11. The van der Waals surface area contributed by atoms with Gasteiger partial charge < -0.3 is 16.0 Å². The summed E-state index contributed by atoms with van der Waals surface area (Å²) < 4.78 is 1.05. The molecule has 4 nitrogen and oxygen atoms in total. The number of amides is 1. The molecule has 0 spiro atoms. The number of halogens is 1. The first-order valence-corrected chi connectivity index (χ1v) is 7.52. The lowest BCUT2D eigenvalue weighted by molar-refractivity contribution is -0.122.